The lowest BCUT2D eigenvalue weighted by Crippen LogP contribution is -2.37. The van der Waals surface area contributed by atoms with E-state index in [2.05, 4.69) is 11.8 Å². The number of rotatable bonds is 10. The summed E-state index contributed by atoms with van der Waals surface area (Å²) < 4.78 is 0. The second-order valence-electron chi connectivity index (χ2n) is 4.77. The Morgan fingerprint density at radius 1 is 1.06 bits per heavy atom. The first-order valence-corrected chi connectivity index (χ1v) is 6.61. The van der Waals surface area contributed by atoms with Gasteiger partial charge in [-0.05, 0) is 32.4 Å². The van der Waals surface area contributed by atoms with Gasteiger partial charge in [0.15, 0.2) is 0 Å². The van der Waals surface area contributed by atoms with Crippen LogP contribution in [0.3, 0.4) is 0 Å². The number of carbonyl (C=O) groups is 2. The molecule has 0 saturated carbocycles. The van der Waals surface area contributed by atoms with E-state index in [1.54, 1.807) is 19.0 Å². The first-order chi connectivity index (χ1) is 8.47. The minimum atomic E-state index is -0.733. The second kappa shape index (κ2) is 9.88. The molecule has 1 N–H and O–H groups in total. The van der Waals surface area contributed by atoms with Gasteiger partial charge in [0.25, 0.3) is 0 Å². The van der Waals surface area contributed by atoms with Crippen LogP contribution in [0.1, 0.15) is 39.0 Å². The molecule has 1 amide bonds. The SMILES string of the molecule is CCCN(CCCCCC(=O)O)CC(=O)N(C)C. The quantitative estimate of drug-likeness (QED) is 0.602. The monoisotopic (exact) mass is 258 g/mol. The maximum Gasteiger partial charge on any atom is 0.303 e. The molecule has 0 aromatic heterocycles. The summed E-state index contributed by atoms with van der Waals surface area (Å²) in [6, 6.07) is 0. The number of aliphatic carboxylic acids is 1. The standard InChI is InChI=1S/C13H26N2O3/c1-4-9-15(11-12(16)14(2)3)10-7-5-6-8-13(17)18/h4-11H2,1-3H3,(H,17,18). The average molecular weight is 258 g/mol. The van der Waals surface area contributed by atoms with Gasteiger partial charge in [0.2, 0.25) is 5.91 Å². The van der Waals surface area contributed by atoms with Gasteiger partial charge < -0.3 is 10.0 Å². The first-order valence-electron chi connectivity index (χ1n) is 6.61. The van der Waals surface area contributed by atoms with E-state index in [4.69, 9.17) is 5.11 Å². The van der Waals surface area contributed by atoms with Crippen LogP contribution >= 0.6 is 0 Å². The predicted molar refractivity (Wildman–Crippen MR) is 71.5 cm³/mol. The fourth-order valence-electron chi connectivity index (χ4n) is 1.71. The van der Waals surface area contributed by atoms with Crippen molar-refractivity contribution in [3.8, 4) is 0 Å². The van der Waals surface area contributed by atoms with Crippen LogP contribution in [0, 0.1) is 0 Å². The molecule has 0 fully saturated rings. The van der Waals surface area contributed by atoms with Crippen LogP contribution < -0.4 is 0 Å². The van der Waals surface area contributed by atoms with Crippen molar-refractivity contribution in [2.45, 2.75) is 39.0 Å². The number of hydrogen-bond acceptors (Lipinski definition) is 3. The summed E-state index contributed by atoms with van der Waals surface area (Å²) >= 11 is 0. The predicted octanol–water partition coefficient (Wildman–Crippen LogP) is 1.43. The molecule has 0 aliphatic rings. The Hall–Kier alpha value is -1.10. The van der Waals surface area contributed by atoms with Crippen molar-refractivity contribution in [3.63, 3.8) is 0 Å². The van der Waals surface area contributed by atoms with Crippen LogP contribution in [0.15, 0.2) is 0 Å². The number of nitrogens with zero attached hydrogens (tertiary/aromatic N) is 2. The normalized spacial score (nSPS) is 10.7. The van der Waals surface area contributed by atoms with E-state index < -0.39 is 5.97 Å². The third-order valence-corrected chi connectivity index (χ3v) is 2.76. The first kappa shape index (κ1) is 16.9. The molecule has 0 rings (SSSR count). The average Bonchev–Trinajstić information content (AvgIpc) is 2.28. The number of carboxylic acids is 1. The van der Waals surface area contributed by atoms with Gasteiger partial charge in [0, 0.05) is 20.5 Å². The van der Waals surface area contributed by atoms with Gasteiger partial charge in [0.05, 0.1) is 6.54 Å². The molecule has 0 saturated heterocycles. The molecule has 0 unspecified atom stereocenters. The summed E-state index contributed by atoms with van der Waals surface area (Å²) in [5, 5.41) is 8.53. The van der Waals surface area contributed by atoms with E-state index in [1.807, 2.05) is 0 Å². The Bertz CT molecular complexity index is 255. The molecule has 0 aromatic carbocycles. The Kier molecular flexibility index (Phi) is 9.28. The van der Waals surface area contributed by atoms with Crippen LogP contribution in [-0.2, 0) is 9.59 Å². The van der Waals surface area contributed by atoms with Crippen LogP contribution in [0.5, 0.6) is 0 Å². The minimum absolute atomic E-state index is 0.119. The topological polar surface area (TPSA) is 60.9 Å². The highest BCUT2D eigenvalue weighted by atomic mass is 16.4. The minimum Gasteiger partial charge on any atom is -0.481 e. The highest BCUT2D eigenvalue weighted by molar-refractivity contribution is 5.77. The van der Waals surface area contributed by atoms with Crippen molar-refractivity contribution < 1.29 is 14.7 Å². The van der Waals surface area contributed by atoms with Crippen LogP contribution in [-0.4, -0.2) is 60.5 Å². The molecule has 0 heterocycles. The zero-order chi connectivity index (χ0) is 14.0. The third-order valence-electron chi connectivity index (χ3n) is 2.76. The van der Waals surface area contributed by atoms with E-state index in [1.165, 1.54) is 0 Å². The van der Waals surface area contributed by atoms with Gasteiger partial charge >= 0.3 is 5.97 Å². The van der Waals surface area contributed by atoms with Crippen LogP contribution in [0.25, 0.3) is 0 Å². The van der Waals surface area contributed by atoms with E-state index in [-0.39, 0.29) is 12.3 Å². The van der Waals surface area contributed by atoms with E-state index >= 15 is 0 Å². The fourth-order valence-corrected chi connectivity index (χ4v) is 1.71. The lowest BCUT2D eigenvalue weighted by Gasteiger charge is -2.22. The molecule has 0 atom stereocenters. The second-order valence-corrected chi connectivity index (χ2v) is 4.77. The molecule has 106 valence electrons. The van der Waals surface area contributed by atoms with Gasteiger partial charge in [-0.3, -0.25) is 14.5 Å². The highest BCUT2D eigenvalue weighted by Gasteiger charge is 2.11. The zero-order valence-corrected chi connectivity index (χ0v) is 11.8. The number of carboxylic acid groups (broad SMARTS) is 1. The molecule has 0 radical (unpaired) electrons. The molecule has 18 heavy (non-hydrogen) atoms. The van der Waals surface area contributed by atoms with Crippen LogP contribution in [0.2, 0.25) is 0 Å². The Labute approximate surface area is 110 Å². The van der Waals surface area contributed by atoms with Gasteiger partial charge in [-0.2, -0.15) is 0 Å². The molecule has 5 nitrogen and oxygen atoms in total. The molecule has 0 aliphatic carbocycles. The van der Waals surface area contributed by atoms with Gasteiger partial charge in [-0.1, -0.05) is 13.3 Å². The lowest BCUT2D eigenvalue weighted by molar-refractivity contribution is -0.137. The number of carbonyl (C=O) groups excluding carboxylic acids is 1. The number of likely N-dealkylation sites (N-methyl/N-ethyl adjacent to an activating group) is 1. The van der Waals surface area contributed by atoms with Crippen molar-refractivity contribution in [1.82, 2.24) is 9.80 Å². The summed E-state index contributed by atoms with van der Waals surface area (Å²) in [6.45, 7) is 4.34. The fraction of sp³-hybridized carbons (Fsp3) is 0.846. The Morgan fingerprint density at radius 3 is 2.22 bits per heavy atom. The summed E-state index contributed by atoms with van der Waals surface area (Å²) in [6.07, 6.45) is 3.84. The van der Waals surface area contributed by atoms with E-state index in [9.17, 15) is 9.59 Å². The maximum absolute atomic E-state index is 11.6. The molecular formula is C13H26N2O3. The summed E-state index contributed by atoms with van der Waals surface area (Å²) in [7, 11) is 3.53. The molecule has 0 aromatic rings. The lowest BCUT2D eigenvalue weighted by atomic mass is 10.2. The molecular weight excluding hydrogens is 232 g/mol. The number of amides is 1. The van der Waals surface area contributed by atoms with Crippen molar-refractivity contribution in [2.24, 2.45) is 0 Å². The largest absolute Gasteiger partial charge is 0.481 e. The molecule has 0 spiro atoms. The summed E-state index contributed by atoms with van der Waals surface area (Å²) in [5.41, 5.74) is 0. The maximum atomic E-state index is 11.6. The van der Waals surface area contributed by atoms with Gasteiger partial charge in [-0.15, -0.1) is 0 Å². The van der Waals surface area contributed by atoms with Crippen molar-refractivity contribution >= 4 is 11.9 Å². The van der Waals surface area contributed by atoms with E-state index in [0.29, 0.717) is 6.54 Å². The Morgan fingerprint density at radius 2 is 1.72 bits per heavy atom. The highest BCUT2D eigenvalue weighted by Crippen LogP contribution is 2.03. The van der Waals surface area contributed by atoms with Crippen LogP contribution in [0.4, 0.5) is 0 Å². The Balaban J connectivity index is 3.82. The van der Waals surface area contributed by atoms with Gasteiger partial charge in [0.1, 0.15) is 0 Å². The third kappa shape index (κ3) is 8.98. The molecule has 0 bridgehead atoms. The smallest absolute Gasteiger partial charge is 0.303 e. The van der Waals surface area contributed by atoms with Gasteiger partial charge in [-0.25, -0.2) is 0 Å². The van der Waals surface area contributed by atoms with Crippen molar-refractivity contribution in [3.05, 3.63) is 0 Å². The molecule has 0 aliphatic heterocycles. The number of hydrogen-bond donors (Lipinski definition) is 1. The number of unbranched alkanes of at least 4 members (excludes halogenated alkanes) is 2. The zero-order valence-electron chi connectivity index (χ0n) is 11.8. The van der Waals surface area contributed by atoms with Crippen molar-refractivity contribution in [2.75, 3.05) is 33.7 Å². The molecule has 5 heteroatoms. The van der Waals surface area contributed by atoms with Crippen molar-refractivity contribution in [1.29, 1.82) is 0 Å². The summed E-state index contributed by atoms with van der Waals surface area (Å²) in [5.74, 6) is -0.614. The van der Waals surface area contributed by atoms with E-state index in [0.717, 1.165) is 38.8 Å². The summed E-state index contributed by atoms with van der Waals surface area (Å²) in [4.78, 5) is 25.7.